The number of carbonyl (C=O) groups excluding carboxylic acids is 1. The minimum absolute atomic E-state index is 0. The lowest BCUT2D eigenvalue weighted by Crippen LogP contribution is -3.00. The maximum atomic E-state index is 8.89. The molecule has 0 rings (SSSR count). The largest absolute Gasteiger partial charge is 1.00 e. The quantitative estimate of drug-likeness (QED) is 0.0715. The van der Waals surface area contributed by atoms with E-state index in [1.54, 1.807) is 0 Å². The molecule has 0 bridgehead atoms. The van der Waals surface area contributed by atoms with Gasteiger partial charge in [-0.1, -0.05) is 168 Å². The zero-order valence-corrected chi connectivity index (χ0v) is 31.7. The summed E-state index contributed by atoms with van der Waals surface area (Å²) >= 11 is 0. The molecule has 0 saturated heterocycles. The first-order chi connectivity index (χ1) is 20.3. The van der Waals surface area contributed by atoms with Gasteiger partial charge in [-0.05, 0) is 32.6 Å². The molecule has 2 N–H and O–H groups in total. The molecule has 0 saturated carbocycles. The molecule has 0 aliphatic carbocycles. The molecule has 0 radical (unpaired) electrons. The van der Waals surface area contributed by atoms with Crippen LogP contribution in [0.3, 0.4) is 0 Å². The summed E-state index contributed by atoms with van der Waals surface area (Å²) in [6.45, 7) is 8.36. The van der Waals surface area contributed by atoms with Gasteiger partial charge < -0.3 is 32.1 Å². The van der Waals surface area contributed by atoms with Gasteiger partial charge in [-0.3, -0.25) is 0 Å². The fourth-order valence-corrected chi connectivity index (χ4v) is 5.58. The van der Waals surface area contributed by atoms with Gasteiger partial charge in [0.05, 0.1) is 41.3 Å². The van der Waals surface area contributed by atoms with Crippen LogP contribution in [0.2, 0.25) is 0 Å². The molecule has 0 amide bonds. The van der Waals surface area contributed by atoms with E-state index in [-0.39, 0.29) is 12.4 Å². The maximum absolute atomic E-state index is 8.89. The van der Waals surface area contributed by atoms with E-state index in [0.717, 1.165) is 6.92 Å². The molecule has 4 nitrogen and oxygen atoms in total. The number of rotatable bonds is 30. The molecule has 0 unspecified atom stereocenters. The minimum Gasteiger partial charge on any atom is -1.00 e. The van der Waals surface area contributed by atoms with Crippen LogP contribution in [0.25, 0.3) is 0 Å². The Labute approximate surface area is 279 Å². The highest BCUT2D eigenvalue weighted by Crippen LogP contribution is 2.15. The molecule has 0 atom stereocenters. The van der Waals surface area contributed by atoms with Crippen LogP contribution in [0.5, 0.6) is 0 Å². The average molecular weight is 636 g/mol. The van der Waals surface area contributed by atoms with Crippen LogP contribution in [-0.2, 0) is 4.79 Å². The van der Waals surface area contributed by atoms with Crippen LogP contribution < -0.4 is 22.8 Å². The number of nitrogens with zero attached hydrogens (tertiary/aromatic N) is 1. The SMILES string of the molecule is CC(=O)[O-].CCCCCCCCCCCCCCCC[N+](C)(C)CCCCCCCCCCCCCCCC.C[NH2+]C.[Cl-]. The molecule has 0 spiro atoms. The number of unbranched alkanes of at least 4 members (excludes halogenated alkanes) is 26. The monoisotopic (exact) mass is 635 g/mol. The molecular formula is C38H83ClN2O2. The smallest absolute Gasteiger partial charge is 0.0782 e. The van der Waals surface area contributed by atoms with E-state index in [4.69, 9.17) is 9.90 Å². The van der Waals surface area contributed by atoms with E-state index in [0.29, 0.717) is 0 Å². The van der Waals surface area contributed by atoms with Crippen molar-refractivity contribution >= 4 is 5.97 Å². The van der Waals surface area contributed by atoms with Gasteiger partial charge in [-0.25, -0.2) is 0 Å². The number of quaternary nitrogens is 2. The van der Waals surface area contributed by atoms with E-state index < -0.39 is 5.97 Å². The summed E-state index contributed by atoms with van der Waals surface area (Å²) in [7, 11) is 8.93. The molecule has 0 aromatic heterocycles. The first kappa shape index (κ1) is 49.6. The Morgan fingerprint density at radius 3 is 0.767 bits per heavy atom. The average Bonchev–Trinajstić information content (AvgIpc) is 2.93. The summed E-state index contributed by atoms with van der Waals surface area (Å²) in [5, 5.41) is 10.9. The number of aliphatic carboxylic acids is 1. The Balaban J connectivity index is -0.000000853. The maximum Gasteiger partial charge on any atom is 0.0782 e. The Bertz CT molecular complexity index is 451. The first-order valence-corrected chi connectivity index (χ1v) is 19.0. The van der Waals surface area contributed by atoms with Gasteiger partial charge in [0.15, 0.2) is 0 Å². The topological polar surface area (TPSA) is 56.7 Å². The van der Waals surface area contributed by atoms with Gasteiger partial charge in [-0.15, -0.1) is 0 Å². The molecule has 43 heavy (non-hydrogen) atoms. The number of hydrogen-bond donors (Lipinski definition) is 1. The third kappa shape index (κ3) is 57.9. The summed E-state index contributed by atoms with van der Waals surface area (Å²) in [5.41, 5.74) is 0. The standard InChI is InChI=1S/C34H72N.C2H7N.C2H4O2.ClH/c1-5-7-9-11-13-15-17-19-21-23-25-27-29-31-33-35(3,4)34-32-30-28-26-24-22-20-18-16-14-12-10-8-6-2;1-3-2;1-2(3)4;/h5-34H2,1-4H3;3H,1-2H3;1H3,(H,3,4);1H/q+1;;;/p-1. The Morgan fingerprint density at radius 2 is 0.605 bits per heavy atom. The number of nitrogens with two attached hydrogens (primary N) is 1. The molecule has 0 fully saturated rings. The number of halogens is 1. The van der Waals surface area contributed by atoms with Crippen LogP contribution in [0, 0.1) is 0 Å². The highest BCUT2D eigenvalue weighted by Gasteiger charge is 2.13. The van der Waals surface area contributed by atoms with Crippen molar-refractivity contribution in [1.82, 2.24) is 0 Å². The predicted octanol–water partition coefficient (Wildman–Crippen LogP) is 6.60. The van der Waals surface area contributed by atoms with E-state index in [1.807, 2.05) is 19.4 Å². The lowest BCUT2D eigenvalue weighted by molar-refractivity contribution is -0.890. The second-order valence-corrected chi connectivity index (χ2v) is 13.6. The zero-order chi connectivity index (χ0) is 32.0. The molecular weight excluding hydrogens is 552 g/mol. The Hall–Kier alpha value is -0.320. The van der Waals surface area contributed by atoms with Gasteiger partial charge in [0, 0.05) is 5.97 Å². The molecule has 5 heteroatoms. The van der Waals surface area contributed by atoms with Crippen LogP contribution in [0.1, 0.15) is 201 Å². The molecule has 0 aromatic carbocycles. The van der Waals surface area contributed by atoms with Crippen LogP contribution in [0.4, 0.5) is 0 Å². The van der Waals surface area contributed by atoms with Crippen molar-refractivity contribution in [2.75, 3.05) is 41.3 Å². The lowest BCUT2D eigenvalue weighted by Gasteiger charge is -2.30. The van der Waals surface area contributed by atoms with E-state index in [2.05, 4.69) is 27.9 Å². The second kappa shape index (κ2) is 43.8. The molecule has 0 aliphatic heterocycles. The van der Waals surface area contributed by atoms with E-state index in [9.17, 15) is 0 Å². The van der Waals surface area contributed by atoms with Crippen LogP contribution in [0.15, 0.2) is 0 Å². The van der Waals surface area contributed by atoms with Crippen molar-refractivity contribution in [3.05, 3.63) is 0 Å². The van der Waals surface area contributed by atoms with Crippen LogP contribution in [-0.4, -0.2) is 51.7 Å². The number of carboxylic acid groups (broad SMARTS) is 1. The molecule has 0 aromatic rings. The van der Waals surface area contributed by atoms with Gasteiger partial charge >= 0.3 is 0 Å². The minimum atomic E-state index is -1.08. The molecule has 0 aliphatic rings. The fourth-order valence-electron chi connectivity index (χ4n) is 5.58. The molecule has 264 valence electrons. The fraction of sp³-hybridized carbons (Fsp3) is 0.974. The highest BCUT2D eigenvalue weighted by molar-refractivity contribution is 5.60. The summed E-state index contributed by atoms with van der Waals surface area (Å²) in [6.07, 6.45) is 40.9. The van der Waals surface area contributed by atoms with Crippen molar-refractivity contribution in [3.8, 4) is 0 Å². The third-order valence-electron chi connectivity index (χ3n) is 8.23. The van der Waals surface area contributed by atoms with Gasteiger partial charge in [0.1, 0.15) is 0 Å². The van der Waals surface area contributed by atoms with Crippen molar-refractivity contribution in [3.63, 3.8) is 0 Å². The van der Waals surface area contributed by atoms with Gasteiger partial charge in [0.2, 0.25) is 0 Å². The lowest BCUT2D eigenvalue weighted by atomic mass is 10.0. The summed E-state index contributed by atoms with van der Waals surface area (Å²) < 4.78 is 1.25. The van der Waals surface area contributed by atoms with E-state index in [1.165, 1.54) is 197 Å². The summed E-state index contributed by atoms with van der Waals surface area (Å²) in [5.74, 6) is -1.08. The number of carboxylic acids is 1. The van der Waals surface area contributed by atoms with Crippen LogP contribution >= 0.6 is 0 Å². The Morgan fingerprint density at radius 1 is 0.465 bits per heavy atom. The van der Waals surface area contributed by atoms with Gasteiger partial charge in [-0.2, -0.15) is 0 Å². The van der Waals surface area contributed by atoms with Crippen molar-refractivity contribution in [2.24, 2.45) is 0 Å². The first-order valence-electron chi connectivity index (χ1n) is 19.0. The van der Waals surface area contributed by atoms with Crippen molar-refractivity contribution < 1.29 is 32.1 Å². The molecule has 0 heterocycles. The highest BCUT2D eigenvalue weighted by atomic mass is 35.5. The zero-order valence-electron chi connectivity index (χ0n) is 30.9. The van der Waals surface area contributed by atoms with Crippen molar-refractivity contribution in [2.45, 2.75) is 201 Å². The second-order valence-electron chi connectivity index (χ2n) is 13.6. The summed E-state index contributed by atoms with van der Waals surface area (Å²) in [4.78, 5) is 8.89. The predicted molar refractivity (Wildman–Crippen MR) is 187 cm³/mol. The Kier molecular flexibility index (Phi) is 50.5. The third-order valence-corrected chi connectivity index (χ3v) is 8.23. The van der Waals surface area contributed by atoms with Crippen molar-refractivity contribution in [1.29, 1.82) is 0 Å². The number of carbonyl (C=O) groups is 1. The summed E-state index contributed by atoms with van der Waals surface area (Å²) in [6, 6.07) is 0. The van der Waals surface area contributed by atoms with E-state index >= 15 is 0 Å². The van der Waals surface area contributed by atoms with Gasteiger partial charge in [0.25, 0.3) is 0 Å². The normalized spacial score (nSPS) is 10.8. The number of hydrogen-bond acceptors (Lipinski definition) is 2.